The van der Waals surface area contributed by atoms with Crippen LogP contribution in [-0.4, -0.2) is 43.8 Å². The van der Waals surface area contributed by atoms with Gasteiger partial charge >= 0.3 is 6.18 Å². The molecule has 4 rings (SSSR count). The van der Waals surface area contributed by atoms with Gasteiger partial charge in [-0.2, -0.15) is 13.2 Å². The van der Waals surface area contributed by atoms with Crippen molar-refractivity contribution in [2.45, 2.75) is 12.7 Å². The molecule has 0 aliphatic carbocycles. The molecule has 28 heavy (non-hydrogen) atoms. The fourth-order valence-corrected chi connectivity index (χ4v) is 3.56. The number of halogens is 3. The van der Waals surface area contributed by atoms with Crippen LogP contribution in [0, 0.1) is 0 Å². The average molecular weight is 393 g/mol. The summed E-state index contributed by atoms with van der Waals surface area (Å²) in [6, 6.07) is 10.6. The molecule has 148 valence electrons. The summed E-state index contributed by atoms with van der Waals surface area (Å²) in [6.45, 7) is 3.16. The summed E-state index contributed by atoms with van der Waals surface area (Å²) in [5.41, 5.74) is 0.576. The summed E-state index contributed by atoms with van der Waals surface area (Å²) < 4.78 is 49.2. The van der Waals surface area contributed by atoms with Gasteiger partial charge < -0.3 is 19.3 Å². The first-order valence-corrected chi connectivity index (χ1v) is 9.09. The highest BCUT2D eigenvalue weighted by molar-refractivity contribution is 5.95. The van der Waals surface area contributed by atoms with E-state index in [-0.39, 0.29) is 12.7 Å². The molecular weight excluding hydrogens is 373 g/mol. The van der Waals surface area contributed by atoms with E-state index in [1.807, 2.05) is 0 Å². The maximum Gasteiger partial charge on any atom is 0.416 e. The number of nitrogens with zero attached hydrogens (tertiary/aromatic N) is 1. The Morgan fingerprint density at radius 1 is 1.04 bits per heavy atom. The number of carbonyl (C=O) groups excluding carboxylic acids is 1. The molecule has 1 N–H and O–H groups in total. The normalized spacial score (nSPS) is 17.0. The van der Waals surface area contributed by atoms with Crippen LogP contribution in [-0.2, 0) is 12.7 Å². The Bertz CT molecular complexity index is 877. The van der Waals surface area contributed by atoms with Crippen molar-refractivity contribution in [3.8, 4) is 11.5 Å². The quantitative estimate of drug-likeness (QED) is 0.867. The van der Waals surface area contributed by atoms with Crippen molar-refractivity contribution in [1.82, 2.24) is 4.90 Å². The molecular formula is C20H20F3N2O3+. The van der Waals surface area contributed by atoms with Crippen LogP contribution in [0.2, 0.25) is 0 Å². The Balaban J connectivity index is 1.35. The predicted octanol–water partition coefficient (Wildman–Crippen LogP) is 1.98. The fourth-order valence-electron chi connectivity index (χ4n) is 3.56. The van der Waals surface area contributed by atoms with Crippen molar-refractivity contribution in [1.29, 1.82) is 0 Å². The molecule has 2 aliphatic heterocycles. The first kappa shape index (κ1) is 18.6. The van der Waals surface area contributed by atoms with Crippen LogP contribution in [0.4, 0.5) is 13.2 Å². The number of hydrogen-bond acceptors (Lipinski definition) is 3. The third-order valence-electron chi connectivity index (χ3n) is 5.09. The zero-order chi connectivity index (χ0) is 19.7. The van der Waals surface area contributed by atoms with Crippen LogP contribution in [0.5, 0.6) is 11.5 Å². The first-order valence-electron chi connectivity index (χ1n) is 9.09. The Morgan fingerprint density at radius 2 is 1.79 bits per heavy atom. The second-order valence-electron chi connectivity index (χ2n) is 6.99. The molecule has 0 aromatic heterocycles. The molecule has 1 amide bonds. The maximum absolute atomic E-state index is 12.9. The lowest BCUT2D eigenvalue weighted by molar-refractivity contribution is -0.917. The molecule has 2 aliphatic rings. The Kier molecular flexibility index (Phi) is 4.89. The number of quaternary nitrogens is 1. The van der Waals surface area contributed by atoms with Crippen molar-refractivity contribution in [3.05, 3.63) is 59.2 Å². The molecule has 5 nitrogen and oxygen atoms in total. The Hall–Kier alpha value is -2.74. The van der Waals surface area contributed by atoms with Crippen LogP contribution in [0.1, 0.15) is 21.5 Å². The standard InChI is InChI=1S/C20H19F3N2O3/c21-20(22,23)16-3-1-2-14(10-16)12-24-6-8-25(9-7-24)19(26)15-4-5-17-18(11-15)28-13-27-17/h1-5,10-11H,6-9,12-13H2/p+1. The molecule has 0 radical (unpaired) electrons. The minimum atomic E-state index is -4.33. The topological polar surface area (TPSA) is 43.2 Å². The molecule has 0 saturated carbocycles. The van der Waals surface area contributed by atoms with Gasteiger partial charge in [0.05, 0.1) is 31.7 Å². The van der Waals surface area contributed by atoms with Crippen molar-refractivity contribution in [2.75, 3.05) is 33.0 Å². The van der Waals surface area contributed by atoms with Gasteiger partial charge in [0, 0.05) is 11.1 Å². The van der Waals surface area contributed by atoms with E-state index in [0.29, 0.717) is 55.3 Å². The van der Waals surface area contributed by atoms with Gasteiger partial charge in [0.15, 0.2) is 11.5 Å². The number of nitrogens with one attached hydrogen (secondary N) is 1. The summed E-state index contributed by atoms with van der Waals surface area (Å²) in [5.74, 6) is 1.13. The van der Waals surface area contributed by atoms with Crippen LogP contribution in [0.15, 0.2) is 42.5 Å². The highest BCUT2D eigenvalue weighted by atomic mass is 19.4. The molecule has 2 aromatic rings. The largest absolute Gasteiger partial charge is 0.454 e. The molecule has 0 atom stereocenters. The van der Waals surface area contributed by atoms with Crippen LogP contribution >= 0.6 is 0 Å². The smallest absolute Gasteiger partial charge is 0.416 e. The van der Waals surface area contributed by atoms with Gasteiger partial charge in [0.2, 0.25) is 6.79 Å². The Morgan fingerprint density at radius 3 is 2.54 bits per heavy atom. The van der Waals surface area contributed by atoms with E-state index in [1.165, 1.54) is 12.1 Å². The zero-order valence-corrected chi connectivity index (χ0v) is 15.1. The maximum atomic E-state index is 12.9. The molecule has 1 fully saturated rings. The highest BCUT2D eigenvalue weighted by Crippen LogP contribution is 2.33. The van der Waals surface area contributed by atoms with E-state index < -0.39 is 11.7 Å². The summed E-state index contributed by atoms with van der Waals surface area (Å²) in [4.78, 5) is 15.6. The summed E-state index contributed by atoms with van der Waals surface area (Å²) in [6.07, 6.45) is -4.33. The van der Waals surface area contributed by atoms with E-state index in [0.717, 1.165) is 11.0 Å². The number of fused-ring (bicyclic) bond motifs is 1. The molecule has 0 unspecified atom stereocenters. The number of hydrogen-bond donors (Lipinski definition) is 1. The van der Waals surface area contributed by atoms with Crippen molar-refractivity contribution >= 4 is 5.91 Å². The van der Waals surface area contributed by atoms with E-state index in [1.54, 1.807) is 29.2 Å². The molecule has 1 saturated heterocycles. The monoisotopic (exact) mass is 393 g/mol. The fraction of sp³-hybridized carbons (Fsp3) is 0.350. The average Bonchev–Trinajstić information content (AvgIpc) is 3.15. The van der Waals surface area contributed by atoms with Gasteiger partial charge in [0.1, 0.15) is 6.54 Å². The van der Waals surface area contributed by atoms with Gasteiger partial charge in [0.25, 0.3) is 5.91 Å². The van der Waals surface area contributed by atoms with Crippen LogP contribution < -0.4 is 14.4 Å². The van der Waals surface area contributed by atoms with Gasteiger partial charge in [-0.1, -0.05) is 12.1 Å². The zero-order valence-electron chi connectivity index (χ0n) is 15.1. The number of piperazine rings is 1. The van der Waals surface area contributed by atoms with Crippen molar-refractivity contribution in [2.24, 2.45) is 0 Å². The lowest BCUT2D eigenvalue weighted by Gasteiger charge is -2.32. The molecule has 8 heteroatoms. The molecule has 0 bridgehead atoms. The van der Waals surface area contributed by atoms with E-state index >= 15 is 0 Å². The van der Waals surface area contributed by atoms with E-state index in [2.05, 4.69) is 0 Å². The van der Waals surface area contributed by atoms with Gasteiger partial charge in [-0.25, -0.2) is 0 Å². The molecule has 2 heterocycles. The molecule has 2 aromatic carbocycles. The van der Waals surface area contributed by atoms with Crippen molar-refractivity contribution < 1.29 is 32.3 Å². The number of carbonyl (C=O) groups is 1. The summed E-state index contributed by atoms with van der Waals surface area (Å²) in [7, 11) is 0. The number of ether oxygens (including phenoxy) is 2. The van der Waals surface area contributed by atoms with Crippen molar-refractivity contribution in [3.63, 3.8) is 0 Å². The van der Waals surface area contributed by atoms with Gasteiger partial charge in [-0.3, -0.25) is 4.79 Å². The third kappa shape index (κ3) is 3.91. The van der Waals surface area contributed by atoms with E-state index in [9.17, 15) is 18.0 Å². The minimum Gasteiger partial charge on any atom is -0.454 e. The lowest BCUT2D eigenvalue weighted by atomic mass is 10.1. The third-order valence-corrected chi connectivity index (χ3v) is 5.09. The lowest BCUT2D eigenvalue weighted by Crippen LogP contribution is -3.13. The Labute approximate surface area is 160 Å². The van der Waals surface area contributed by atoms with Crippen LogP contribution in [0.3, 0.4) is 0 Å². The summed E-state index contributed by atoms with van der Waals surface area (Å²) >= 11 is 0. The first-order chi connectivity index (χ1) is 13.4. The predicted molar refractivity (Wildman–Crippen MR) is 94.3 cm³/mol. The number of benzene rings is 2. The van der Waals surface area contributed by atoms with Crippen LogP contribution in [0.25, 0.3) is 0 Å². The number of alkyl halides is 3. The molecule has 0 spiro atoms. The second kappa shape index (κ2) is 7.35. The van der Waals surface area contributed by atoms with E-state index in [4.69, 9.17) is 9.47 Å². The second-order valence-corrected chi connectivity index (χ2v) is 6.99. The SMILES string of the molecule is O=C(c1ccc2c(c1)OCO2)N1CC[NH+](Cc2cccc(C(F)(F)F)c2)CC1. The summed E-state index contributed by atoms with van der Waals surface area (Å²) in [5, 5.41) is 0. The number of rotatable bonds is 3. The number of amides is 1. The van der Waals surface area contributed by atoms with Gasteiger partial charge in [-0.05, 0) is 30.3 Å². The van der Waals surface area contributed by atoms with Gasteiger partial charge in [-0.15, -0.1) is 0 Å². The minimum absolute atomic E-state index is 0.0728. The highest BCUT2D eigenvalue weighted by Gasteiger charge is 2.31.